The Labute approximate surface area is 177 Å². The number of fused-ring (bicyclic) bond motifs is 3. The number of benzene rings is 1. The quantitative estimate of drug-likeness (QED) is 0.595. The number of imidazole rings is 1. The van der Waals surface area contributed by atoms with Gasteiger partial charge in [0.15, 0.2) is 0 Å². The molecule has 7 nitrogen and oxygen atoms in total. The molecule has 1 aliphatic heterocycles. The number of nitrogens with zero attached hydrogens (tertiary/aromatic N) is 4. The number of likely N-dealkylation sites (tertiary alicyclic amines) is 1. The summed E-state index contributed by atoms with van der Waals surface area (Å²) in [6.45, 7) is 7.58. The van der Waals surface area contributed by atoms with Gasteiger partial charge in [0.2, 0.25) is 11.7 Å². The first-order valence-electron chi connectivity index (χ1n) is 10.9. The third kappa shape index (κ3) is 3.51. The van der Waals surface area contributed by atoms with Gasteiger partial charge in [-0.3, -0.25) is 0 Å². The molecule has 2 aromatic heterocycles. The molecule has 4 rings (SSSR count). The van der Waals surface area contributed by atoms with Crippen molar-refractivity contribution in [1.82, 2.24) is 19.3 Å². The molecule has 160 valence electrons. The van der Waals surface area contributed by atoms with E-state index in [1.54, 1.807) is 12.0 Å². The van der Waals surface area contributed by atoms with Gasteiger partial charge in [-0.15, -0.1) is 0 Å². The van der Waals surface area contributed by atoms with E-state index >= 15 is 0 Å². The van der Waals surface area contributed by atoms with Gasteiger partial charge in [-0.1, -0.05) is 32.9 Å². The lowest BCUT2D eigenvalue weighted by Crippen LogP contribution is -2.40. The van der Waals surface area contributed by atoms with Crippen LogP contribution in [0.2, 0.25) is 0 Å². The minimum absolute atomic E-state index is 0.0541. The van der Waals surface area contributed by atoms with Gasteiger partial charge in [-0.05, 0) is 43.7 Å². The molecule has 1 unspecified atom stereocenters. The van der Waals surface area contributed by atoms with Gasteiger partial charge in [-0.2, -0.15) is 0 Å². The topological polar surface area (TPSA) is 69.0 Å². The molecule has 3 heterocycles. The minimum Gasteiger partial charge on any atom is -0.392 e. The van der Waals surface area contributed by atoms with Crippen molar-refractivity contribution in [3.05, 3.63) is 35.5 Å². The van der Waals surface area contributed by atoms with Crippen molar-refractivity contribution in [2.45, 2.75) is 58.4 Å². The maximum absolute atomic E-state index is 13.2. The zero-order valence-electron chi connectivity index (χ0n) is 18.2. The summed E-state index contributed by atoms with van der Waals surface area (Å²) in [5.41, 5.74) is 3.66. The van der Waals surface area contributed by atoms with E-state index in [1.165, 1.54) is 0 Å². The number of amides is 1. The molecule has 1 saturated heterocycles. The molecule has 1 fully saturated rings. The SMILES string of the molecule is CCc1c(C(C)CC)nc2nc3ccccc3n2c1OC(=O)N1CCC[C@H]1COC. The second-order valence-corrected chi connectivity index (χ2v) is 7.99. The van der Waals surface area contributed by atoms with E-state index in [0.29, 0.717) is 24.8 Å². The summed E-state index contributed by atoms with van der Waals surface area (Å²) < 4.78 is 13.3. The van der Waals surface area contributed by atoms with Gasteiger partial charge in [0.1, 0.15) is 0 Å². The Morgan fingerprint density at radius 1 is 1.27 bits per heavy atom. The maximum atomic E-state index is 13.2. The average molecular weight is 411 g/mol. The van der Waals surface area contributed by atoms with Crippen LogP contribution in [0.3, 0.4) is 0 Å². The molecular weight excluding hydrogens is 380 g/mol. The maximum Gasteiger partial charge on any atom is 0.416 e. The minimum atomic E-state index is -0.329. The van der Waals surface area contributed by atoms with Crippen LogP contribution in [0.1, 0.15) is 57.2 Å². The third-order valence-corrected chi connectivity index (χ3v) is 6.12. The second-order valence-electron chi connectivity index (χ2n) is 7.99. The van der Waals surface area contributed by atoms with Crippen LogP contribution in [-0.2, 0) is 11.2 Å². The summed E-state index contributed by atoms with van der Waals surface area (Å²) >= 11 is 0. The summed E-state index contributed by atoms with van der Waals surface area (Å²) in [7, 11) is 1.67. The highest BCUT2D eigenvalue weighted by molar-refractivity contribution is 5.81. The van der Waals surface area contributed by atoms with Crippen LogP contribution in [0.15, 0.2) is 24.3 Å². The van der Waals surface area contributed by atoms with E-state index in [4.69, 9.17) is 19.4 Å². The normalized spacial score (nSPS) is 17.7. The zero-order valence-corrected chi connectivity index (χ0v) is 18.2. The molecule has 30 heavy (non-hydrogen) atoms. The molecule has 2 atom stereocenters. The fourth-order valence-electron chi connectivity index (χ4n) is 4.33. The Hall–Kier alpha value is -2.67. The fraction of sp³-hybridized carbons (Fsp3) is 0.522. The monoisotopic (exact) mass is 410 g/mol. The Kier molecular flexibility index (Phi) is 5.90. The van der Waals surface area contributed by atoms with Crippen molar-refractivity contribution in [3.63, 3.8) is 0 Å². The lowest BCUT2D eigenvalue weighted by molar-refractivity contribution is 0.102. The van der Waals surface area contributed by atoms with Crippen molar-refractivity contribution in [3.8, 4) is 5.88 Å². The summed E-state index contributed by atoms with van der Waals surface area (Å²) in [6, 6.07) is 7.92. The largest absolute Gasteiger partial charge is 0.416 e. The van der Waals surface area contributed by atoms with Gasteiger partial charge < -0.3 is 14.4 Å². The Morgan fingerprint density at radius 2 is 2.07 bits per heavy atom. The van der Waals surface area contributed by atoms with E-state index in [9.17, 15) is 4.79 Å². The molecule has 0 radical (unpaired) electrons. The first-order valence-corrected chi connectivity index (χ1v) is 10.9. The average Bonchev–Trinajstić information content (AvgIpc) is 3.37. The molecule has 7 heteroatoms. The number of carbonyl (C=O) groups excluding carboxylic acids is 1. The van der Waals surface area contributed by atoms with Crippen molar-refractivity contribution in [1.29, 1.82) is 0 Å². The first-order chi connectivity index (χ1) is 14.6. The highest BCUT2D eigenvalue weighted by atomic mass is 16.6. The van der Waals surface area contributed by atoms with Crippen LogP contribution in [0.25, 0.3) is 16.8 Å². The Balaban J connectivity index is 1.86. The number of methoxy groups -OCH3 is 1. The van der Waals surface area contributed by atoms with E-state index < -0.39 is 0 Å². The molecule has 0 N–H and O–H groups in total. The van der Waals surface area contributed by atoms with E-state index in [2.05, 4.69) is 20.8 Å². The predicted molar refractivity (Wildman–Crippen MR) is 116 cm³/mol. The van der Waals surface area contributed by atoms with Gasteiger partial charge in [0, 0.05) is 19.2 Å². The number of para-hydroxylation sites is 2. The first kappa shape index (κ1) is 20.6. The summed E-state index contributed by atoms with van der Waals surface area (Å²) in [6.07, 6.45) is 3.23. The van der Waals surface area contributed by atoms with E-state index in [1.807, 2.05) is 28.7 Å². The predicted octanol–water partition coefficient (Wildman–Crippen LogP) is 4.57. The third-order valence-electron chi connectivity index (χ3n) is 6.12. The van der Waals surface area contributed by atoms with Crippen LogP contribution in [0.5, 0.6) is 5.88 Å². The molecule has 1 aliphatic rings. The highest BCUT2D eigenvalue weighted by Crippen LogP contribution is 2.33. The smallest absolute Gasteiger partial charge is 0.392 e. The number of hydrogen-bond donors (Lipinski definition) is 0. The zero-order chi connectivity index (χ0) is 21.3. The standard InChI is InChI=1S/C23H30N4O3/c1-5-15(3)20-17(6-2)21(30-23(28)26-13-9-10-16(26)14-29-4)27-19-12-8-7-11-18(19)24-22(27)25-20/h7-8,11-12,15-16H,5-6,9-10,13-14H2,1-4H3/t15?,16-/m0/s1. The van der Waals surface area contributed by atoms with Crippen molar-refractivity contribution in [2.75, 3.05) is 20.3 Å². The van der Waals surface area contributed by atoms with Crippen LogP contribution in [-0.4, -0.2) is 51.7 Å². The van der Waals surface area contributed by atoms with Gasteiger partial charge in [0.05, 0.1) is 29.4 Å². The molecule has 0 bridgehead atoms. The molecule has 0 spiro atoms. The lowest BCUT2D eigenvalue weighted by Gasteiger charge is -2.25. The van der Waals surface area contributed by atoms with Crippen LogP contribution < -0.4 is 4.74 Å². The van der Waals surface area contributed by atoms with E-state index in [-0.39, 0.29) is 18.1 Å². The number of aromatic nitrogens is 3. The molecule has 0 aliphatic carbocycles. The van der Waals surface area contributed by atoms with Crippen molar-refractivity contribution in [2.24, 2.45) is 0 Å². The molecule has 1 aromatic carbocycles. The van der Waals surface area contributed by atoms with Crippen molar-refractivity contribution >= 4 is 22.9 Å². The molecule has 0 saturated carbocycles. The van der Waals surface area contributed by atoms with Crippen LogP contribution in [0.4, 0.5) is 4.79 Å². The van der Waals surface area contributed by atoms with Crippen LogP contribution in [0, 0.1) is 0 Å². The molecule has 1 amide bonds. The number of ether oxygens (including phenoxy) is 2. The van der Waals surface area contributed by atoms with E-state index in [0.717, 1.165) is 48.0 Å². The lowest BCUT2D eigenvalue weighted by atomic mass is 9.99. The van der Waals surface area contributed by atoms with Gasteiger partial charge in [-0.25, -0.2) is 19.2 Å². The number of carbonyl (C=O) groups is 1. The Bertz CT molecular complexity index is 1060. The summed E-state index contributed by atoms with van der Waals surface area (Å²) in [5.74, 6) is 1.36. The molecule has 3 aromatic rings. The second kappa shape index (κ2) is 8.60. The highest BCUT2D eigenvalue weighted by Gasteiger charge is 2.32. The number of rotatable bonds is 6. The Morgan fingerprint density at radius 3 is 2.80 bits per heavy atom. The van der Waals surface area contributed by atoms with Crippen LogP contribution >= 0.6 is 0 Å². The summed E-state index contributed by atoms with van der Waals surface area (Å²) in [5, 5.41) is 0. The summed E-state index contributed by atoms with van der Waals surface area (Å²) in [4.78, 5) is 24.6. The van der Waals surface area contributed by atoms with Crippen molar-refractivity contribution < 1.29 is 14.3 Å². The fourth-order valence-corrected chi connectivity index (χ4v) is 4.33. The van der Waals surface area contributed by atoms with Gasteiger partial charge in [0.25, 0.3) is 0 Å². The van der Waals surface area contributed by atoms with Gasteiger partial charge >= 0.3 is 6.09 Å². The number of hydrogen-bond acceptors (Lipinski definition) is 5. The molecular formula is C23H30N4O3.